The molecule has 2 aromatic heterocycles. The Kier molecular flexibility index (Phi) is 4.69. The van der Waals surface area contributed by atoms with Gasteiger partial charge in [-0.3, -0.25) is 14.7 Å². The Morgan fingerprint density at radius 2 is 2.04 bits per heavy atom. The predicted octanol–water partition coefficient (Wildman–Crippen LogP) is 2.15. The molecule has 0 aliphatic rings. The van der Waals surface area contributed by atoms with Gasteiger partial charge >= 0.3 is 6.03 Å². The van der Waals surface area contributed by atoms with Crippen LogP contribution in [-0.2, 0) is 20.6 Å². The third-order valence-electron chi connectivity index (χ3n) is 3.84. The van der Waals surface area contributed by atoms with Gasteiger partial charge in [-0.1, -0.05) is 12.1 Å². The van der Waals surface area contributed by atoms with Crippen molar-refractivity contribution in [3.05, 3.63) is 48.3 Å². The number of carbonyl (C=O) groups excluding carboxylic acids is 1. The van der Waals surface area contributed by atoms with Crippen molar-refractivity contribution in [1.82, 2.24) is 24.9 Å². The highest BCUT2D eigenvalue weighted by Gasteiger charge is 2.11. The van der Waals surface area contributed by atoms with E-state index in [1.807, 2.05) is 43.4 Å². The first-order valence-corrected chi connectivity index (χ1v) is 7.77. The Bertz CT molecular complexity index is 883. The van der Waals surface area contributed by atoms with E-state index >= 15 is 0 Å². The molecule has 0 radical (unpaired) electrons. The molecule has 1 aromatic carbocycles. The number of benzene rings is 1. The van der Waals surface area contributed by atoms with Crippen LogP contribution in [0.25, 0.3) is 11.3 Å². The van der Waals surface area contributed by atoms with E-state index in [0.717, 1.165) is 22.7 Å². The second kappa shape index (κ2) is 7.08. The summed E-state index contributed by atoms with van der Waals surface area (Å²) < 4.78 is 8.57. The summed E-state index contributed by atoms with van der Waals surface area (Å²) in [6.45, 7) is 0.392. The third kappa shape index (κ3) is 3.79. The Balaban J connectivity index is 1.67. The summed E-state index contributed by atoms with van der Waals surface area (Å²) in [6.07, 6.45) is 1.69. The number of anilines is 1. The van der Waals surface area contributed by atoms with E-state index in [2.05, 4.69) is 20.8 Å². The molecule has 0 aliphatic carbocycles. The third-order valence-corrected chi connectivity index (χ3v) is 3.84. The van der Waals surface area contributed by atoms with Crippen LogP contribution in [0.15, 0.2) is 42.6 Å². The number of nitrogens with one attached hydrogen (secondary N) is 2. The van der Waals surface area contributed by atoms with Crippen LogP contribution in [0, 0.1) is 0 Å². The number of hydrogen-bond donors (Lipinski definition) is 2. The standard InChI is InChI=1S/C17H20N6O2/c1-22-13(7-8-19-22)11-18-17(24)20-16-10-15(21-23(16)2)12-5-4-6-14(9-12)25-3/h4-10H,11H2,1-3H3,(H2,18,20,24). The maximum absolute atomic E-state index is 12.1. The summed E-state index contributed by atoms with van der Waals surface area (Å²) in [5, 5.41) is 14.1. The minimum Gasteiger partial charge on any atom is -0.497 e. The first kappa shape index (κ1) is 16.6. The molecule has 2 heterocycles. The largest absolute Gasteiger partial charge is 0.497 e. The van der Waals surface area contributed by atoms with Crippen molar-refractivity contribution in [1.29, 1.82) is 0 Å². The van der Waals surface area contributed by atoms with Gasteiger partial charge < -0.3 is 10.1 Å². The molecule has 0 fully saturated rings. The number of hydrogen-bond acceptors (Lipinski definition) is 4. The lowest BCUT2D eigenvalue weighted by Gasteiger charge is -2.07. The first-order chi connectivity index (χ1) is 12.1. The van der Waals surface area contributed by atoms with Gasteiger partial charge in [0.2, 0.25) is 0 Å². The number of aryl methyl sites for hydroxylation is 2. The Morgan fingerprint density at radius 1 is 1.20 bits per heavy atom. The van der Waals surface area contributed by atoms with E-state index in [0.29, 0.717) is 12.4 Å². The van der Waals surface area contributed by atoms with Gasteiger partial charge in [-0.05, 0) is 18.2 Å². The van der Waals surface area contributed by atoms with Gasteiger partial charge in [-0.25, -0.2) is 4.79 Å². The molecule has 0 saturated heterocycles. The normalized spacial score (nSPS) is 10.5. The van der Waals surface area contributed by atoms with Crippen molar-refractivity contribution in [2.45, 2.75) is 6.54 Å². The van der Waals surface area contributed by atoms with Crippen LogP contribution in [-0.4, -0.2) is 32.7 Å². The second-order valence-electron chi connectivity index (χ2n) is 5.52. The second-order valence-corrected chi connectivity index (χ2v) is 5.52. The zero-order chi connectivity index (χ0) is 17.8. The van der Waals surface area contributed by atoms with Crippen molar-refractivity contribution < 1.29 is 9.53 Å². The topological polar surface area (TPSA) is 86.0 Å². The highest BCUT2D eigenvalue weighted by atomic mass is 16.5. The van der Waals surface area contributed by atoms with E-state index in [9.17, 15) is 4.79 Å². The lowest BCUT2D eigenvalue weighted by Crippen LogP contribution is -2.29. The van der Waals surface area contributed by atoms with Crippen molar-refractivity contribution >= 4 is 11.8 Å². The number of urea groups is 1. The Hall–Kier alpha value is -3.29. The molecule has 0 unspecified atom stereocenters. The summed E-state index contributed by atoms with van der Waals surface area (Å²) in [5.74, 6) is 1.35. The molecule has 0 saturated carbocycles. The van der Waals surface area contributed by atoms with Crippen LogP contribution in [0.1, 0.15) is 5.69 Å². The quantitative estimate of drug-likeness (QED) is 0.745. The van der Waals surface area contributed by atoms with E-state index in [1.165, 1.54) is 0 Å². The highest BCUT2D eigenvalue weighted by Crippen LogP contribution is 2.24. The first-order valence-electron chi connectivity index (χ1n) is 7.77. The SMILES string of the molecule is COc1cccc(-c2cc(NC(=O)NCc3ccnn3C)n(C)n2)c1. The minimum absolute atomic E-state index is 0.304. The molecular weight excluding hydrogens is 320 g/mol. The van der Waals surface area contributed by atoms with Gasteiger partial charge in [0.05, 0.1) is 25.0 Å². The van der Waals surface area contributed by atoms with Crippen LogP contribution in [0.3, 0.4) is 0 Å². The van der Waals surface area contributed by atoms with Gasteiger partial charge in [-0.2, -0.15) is 10.2 Å². The van der Waals surface area contributed by atoms with E-state index < -0.39 is 0 Å². The van der Waals surface area contributed by atoms with Crippen LogP contribution < -0.4 is 15.4 Å². The molecule has 25 heavy (non-hydrogen) atoms. The maximum Gasteiger partial charge on any atom is 0.320 e. The fraction of sp³-hybridized carbons (Fsp3) is 0.235. The van der Waals surface area contributed by atoms with Crippen molar-refractivity contribution in [2.24, 2.45) is 14.1 Å². The van der Waals surface area contributed by atoms with Crippen LogP contribution in [0.4, 0.5) is 10.6 Å². The van der Waals surface area contributed by atoms with Crippen molar-refractivity contribution in [3.8, 4) is 17.0 Å². The average molecular weight is 340 g/mol. The number of carbonyl (C=O) groups is 1. The Morgan fingerprint density at radius 3 is 2.76 bits per heavy atom. The zero-order valence-electron chi connectivity index (χ0n) is 14.4. The fourth-order valence-electron chi connectivity index (χ4n) is 2.41. The number of ether oxygens (including phenoxy) is 1. The van der Waals surface area contributed by atoms with Gasteiger partial charge in [0.15, 0.2) is 0 Å². The lowest BCUT2D eigenvalue weighted by atomic mass is 10.1. The minimum atomic E-state index is -0.304. The molecule has 3 rings (SSSR count). The fourth-order valence-corrected chi connectivity index (χ4v) is 2.41. The number of rotatable bonds is 5. The summed E-state index contributed by atoms with van der Waals surface area (Å²) >= 11 is 0. The lowest BCUT2D eigenvalue weighted by molar-refractivity contribution is 0.251. The zero-order valence-corrected chi connectivity index (χ0v) is 14.4. The number of nitrogens with zero attached hydrogens (tertiary/aromatic N) is 4. The van der Waals surface area contributed by atoms with E-state index in [1.54, 1.807) is 29.7 Å². The molecular formula is C17H20N6O2. The molecule has 3 aromatic rings. The summed E-state index contributed by atoms with van der Waals surface area (Å²) in [7, 11) is 5.23. The maximum atomic E-state index is 12.1. The molecule has 130 valence electrons. The molecule has 0 aliphatic heterocycles. The van der Waals surface area contributed by atoms with E-state index in [4.69, 9.17) is 4.74 Å². The van der Waals surface area contributed by atoms with E-state index in [-0.39, 0.29) is 6.03 Å². The number of methoxy groups -OCH3 is 1. The molecule has 8 nitrogen and oxygen atoms in total. The van der Waals surface area contributed by atoms with Crippen LogP contribution in [0.5, 0.6) is 5.75 Å². The molecule has 0 spiro atoms. The number of aromatic nitrogens is 4. The highest BCUT2D eigenvalue weighted by molar-refractivity contribution is 5.89. The average Bonchev–Trinajstić information content (AvgIpc) is 3.19. The summed E-state index contributed by atoms with van der Waals surface area (Å²) in [4.78, 5) is 12.1. The van der Waals surface area contributed by atoms with Gasteiger partial charge in [0.1, 0.15) is 11.6 Å². The molecule has 8 heteroatoms. The summed E-state index contributed by atoms with van der Waals surface area (Å²) in [5.41, 5.74) is 2.58. The van der Waals surface area contributed by atoms with Crippen molar-refractivity contribution in [2.75, 3.05) is 12.4 Å². The van der Waals surface area contributed by atoms with Crippen LogP contribution in [0.2, 0.25) is 0 Å². The van der Waals surface area contributed by atoms with Gasteiger partial charge in [0.25, 0.3) is 0 Å². The predicted molar refractivity (Wildman–Crippen MR) is 94.3 cm³/mol. The smallest absolute Gasteiger partial charge is 0.320 e. The molecule has 2 N–H and O–H groups in total. The molecule has 0 atom stereocenters. The monoisotopic (exact) mass is 340 g/mol. The number of amides is 2. The Labute approximate surface area is 145 Å². The summed E-state index contributed by atoms with van der Waals surface area (Å²) in [6, 6.07) is 11.0. The van der Waals surface area contributed by atoms with Gasteiger partial charge in [-0.15, -0.1) is 0 Å². The van der Waals surface area contributed by atoms with Crippen LogP contribution >= 0.6 is 0 Å². The van der Waals surface area contributed by atoms with Crippen molar-refractivity contribution in [3.63, 3.8) is 0 Å². The molecule has 2 amide bonds. The molecule has 0 bridgehead atoms. The van der Waals surface area contributed by atoms with Gasteiger partial charge in [0, 0.05) is 31.9 Å².